The molecule has 2 N–H and O–H groups in total. The monoisotopic (exact) mass is 308 g/mol. The van der Waals surface area contributed by atoms with Crippen molar-refractivity contribution in [3.63, 3.8) is 0 Å². The fraction of sp³-hybridized carbons (Fsp3) is 0.118. The molecule has 116 valence electrons. The van der Waals surface area contributed by atoms with Crippen LogP contribution < -0.4 is 5.32 Å². The van der Waals surface area contributed by atoms with E-state index >= 15 is 0 Å². The quantitative estimate of drug-likeness (QED) is 0.751. The highest BCUT2D eigenvalue weighted by atomic mass is 16.3. The van der Waals surface area contributed by atoms with E-state index in [9.17, 15) is 9.90 Å². The zero-order chi connectivity index (χ0) is 16.1. The van der Waals surface area contributed by atoms with Gasteiger partial charge >= 0.3 is 0 Å². The normalized spacial score (nSPS) is 10.5. The number of aliphatic hydroxyl groups excluding tert-OH is 1. The van der Waals surface area contributed by atoms with Crippen molar-refractivity contribution < 1.29 is 9.90 Å². The van der Waals surface area contributed by atoms with Gasteiger partial charge in [-0.05, 0) is 23.3 Å². The number of rotatable bonds is 5. The van der Waals surface area contributed by atoms with E-state index in [1.807, 2.05) is 24.3 Å². The molecule has 0 atom stereocenters. The van der Waals surface area contributed by atoms with E-state index in [1.165, 1.54) is 0 Å². The molecule has 6 heteroatoms. The Hall–Kier alpha value is -2.99. The number of imidazole rings is 1. The zero-order valence-corrected chi connectivity index (χ0v) is 12.4. The number of aliphatic hydroxyl groups is 1. The molecule has 0 saturated carbocycles. The number of hydrogen-bond donors (Lipinski definition) is 2. The summed E-state index contributed by atoms with van der Waals surface area (Å²) in [7, 11) is 0. The number of nitrogens with zero attached hydrogens (tertiary/aromatic N) is 3. The average Bonchev–Trinajstić information content (AvgIpc) is 3.14. The number of carbonyl (C=O) groups is 1. The summed E-state index contributed by atoms with van der Waals surface area (Å²) >= 11 is 0. The van der Waals surface area contributed by atoms with Gasteiger partial charge in [-0.1, -0.05) is 24.3 Å². The first-order chi connectivity index (χ1) is 11.3. The third-order valence-corrected chi connectivity index (χ3v) is 3.50. The van der Waals surface area contributed by atoms with E-state index < -0.39 is 0 Å². The molecule has 0 saturated heterocycles. The number of amides is 1. The van der Waals surface area contributed by atoms with Gasteiger partial charge in [0.1, 0.15) is 12.1 Å². The van der Waals surface area contributed by atoms with Crippen LogP contribution in [0.25, 0.3) is 5.82 Å². The van der Waals surface area contributed by atoms with Crippen LogP contribution in [0, 0.1) is 0 Å². The van der Waals surface area contributed by atoms with Crippen LogP contribution in [0.15, 0.2) is 61.3 Å². The second-order valence-corrected chi connectivity index (χ2v) is 4.98. The molecular weight excluding hydrogens is 292 g/mol. The maximum Gasteiger partial charge on any atom is 0.251 e. The predicted octanol–water partition coefficient (Wildman–Crippen LogP) is 1.69. The van der Waals surface area contributed by atoms with Gasteiger partial charge in [0.15, 0.2) is 0 Å². The maximum absolute atomic E-state index is 12.3. The minimum Gasteiger partial charge on any atom is -0.392 e. The Morgan fingerprint density at radius 1 is 1.17 bits per heavy atom. The molecule has 23 heavy (non-hydrogen) atoms. The molecule has 2 heterocycles. The lowest BCUT2D eigenvalue weighted by molar-refractivity contribution is 0.0950. The standard InChI is InChI=1S/C17H16N4O2/c22-11-15-4-2-1-3-14(15)10-20-17(23)13-5-6-19-16(9-13)21-8-7-18-12-21/h1-9,12,22H,10-11H2,(H,20,23). The van der Waals surface area contributed by atoms with E-state index in [0.29, 0.717) is 17.9 Å². The first-order valence-corrected chi connectivity index (χ1v) is 7.18. The van der Waals surface area contributed by atoms with Crippen LogP contribution in [0.2, 0.25) is 0 Å². The van der Waals surface area contributed by atoms with Crippen LogP contribution in [-0.2, 0) is 13.2 Å². The van der Waals surface area contributed by atoms with E-state index in [-0.39, 0.29) is 12.5 Å². The number of benzene rings is 1. The van der Waals surface area contributed by atoms with Crippen molar-refractivity contribution in [2.45, 2.75) is 13.2 Å². The fourth-order valence-electron chi connectivity index (χ4n) is 2.26. The fourth-order valence-corrected chi connectivity index (χ4v) is 2.26. The maximum atomic E-state index is 12.3. The molecule has 1 amide bonds. The van der Waals surface area contributed by atoms with Crippen molar-refractivity contribution in [3.8, 4) is 5.82 Å². The van der Waals surface area contributed by atoms with Gasteiger partial charge in [-0.25, -0.2) is 9.97 Å². The van der Waals surface area contributed by atoms with E-state index in [4.69, 9.17) is 0 Å². The molecule has 0 aliphatic heterocycles. The Balaban J connectivity index is 1.72. The Morgan fingerprint density at radius 2 is 2.00 bits per heavy atom. The summed E-state index contributed by atoms with van der Waals surface area (Å²) < 4.78 is 1.73. The van der Waals surface area contributed by atoms with Crippen LogP contribution in [0.5, 0.6) is 0 Å². The number of hydrogen-bond acceptors (Lipinski definition) is 4. The minimum absolute atomic E-state index is 0.0495. The van der Waals surface area contributed by atoms with Gasteiger partial charge in [-0.3, -0.25) is 9.36 Å². The van der Waals surface area contributed by atoms with Gasteiger partial charge < -0.3 is 10.4 Å². The van der Waals surface area contributed by atoms with Gasteiger partial charge in [0, 0.05) is 30.7 Å². The zero-order valence-electron chi connectivity index (χ0n) is 12.4. The molecule has 1 aromatic carbocycles. The highest BCUT2D eigenvalue weighted by Crippen LogP contribution is 2.10. The Morgan fingerprint density at radius 3 is 2.74 bits per heavy atom. The Bertz CT molecular complexity index is 800. The SMILES string of the molecule is O=C(NCc1ccccc1CO)c1ccnc(-n2ccnc2)c1. The van der Waals surface area contributed by atoms with Crippen LogP contribution in [0.1, 0.15) is 21.5 Å². The molecule has 0 radical (unpaired) electrons. The van der Waals surface area contributed by atoms with E-state index in [1.54, 1.807) is 41.6 Å². The van der Waals surface area contributed by atoms with Crippen molar-refractivity contribution in [2.24, 2.45) is 0 Å². The second kappa shape index (κ2) is 6.85. The first-order valence-electron chi connectivity index (χ1n) is 7.18. The molecule has 6 nitrogen and oxygen atoms in total. The predicted molar refractivity (Wildman–Crippen MR) is 84.9 cm³/mol. The number of carbonyl (C=O) groups excluding carboxylic acids is 1. The first kappa shape index (κ1) is 14.9. The third kappa shape index (κ3) is 3.44. The number of pyridine rings is 1. The third-order valence-electron chi connectivity index (χ3n) is 3.50. The Kier molecular flexibility index (Phi) is 4.44. The molecule has 0 unspecified atom stereocenters. The van der Waals surface area contributed by atoms with Crippen LogP contribution in [-0.4, -0.2) is 25.5 Å². The van der Waals surface area contributed by atoms with Gasteiger partial charge in [-0.2, -0.15) is 0 Å². The molecule has 0 fully saturated rings. The van der Waals surface area contributed by atoms with Crippen molar-refractivity contribution in [2.75, 3.05) is 0 Å². The average molecular weight is 308 g/mol. The summed E-state index contributed by atoms with van der Waals surface area (Å²) in [4.78, 5) is 20.5. The Labute approximate surface area is 133 Å². The molecular formula is C17H16N4O2. The molecule has 0 spiro atoms. The summed E-state index contributed by atoms with van der Waals surface area (Å²) in [6.45, 7) is 0.310. The summed E-state index contributed by atoms with van der Waals surface area (Å²) in [6.07, 6.45) is 6.63. The molecule has 0 bridgehead atoms. The van der Waals surface area contributed by atoms with Crippen molar-refractivity contribution in [1.82, 2.24) is 19.9 Å². The topological polar surface area (TPSA) is 80.0 Å². The summed E-state index contributed by atoms with van der Waals surface area (Å²) in [5.41, 5.74) is 2.22. The van der Waals surface area contributed by atoms with Crippen LogP contribution in [0.4, 0.5) is 0 Å². The second-order valence-electron chi connectivity index (χ2n) is 4.98. The smallest absolute Gasteiger partial charge is 0.251 e. The van der Waals surface area contributed by atoms with Gasteiger partial charge in [-0.15, -0.1) is 0 Å². The van der Waals surface area contributed by atoms with E-state index in [0.717, 1.165) is 11.1 Å². The largest absolute Gasteiger partial charge is 0.392 e. The van der Waals surface area contributed by atoms with E-state index in [2.05, 4.69) is 15.3 Å². The van der Waals surface area contributed by atoms with Crippen molar-refractivity contribution in [1.29, 1.82) is 0 Å². The van der Waals surface area contributed by atoms with Gasteiger partial charge in [0.25, 0.3) is 5.91 Å². The van der Waals surface area contributed by atoms with Crippen LogP contribution >= 0.6 is 0 Å². The summed E-state index contributed by atoms with van der Waals surface area (Å²) in [6, 6.07) is 10.8. The highest BCUT2D eigenvalue weighted by Gasteiger charge is 2.09. The van der Waals surface area contributed by atoms with Gasteiger partial charge in [0.2, 0.25) is 0 Å². The van der Waals surface area contributed by atoms with Gasteiger partial charge in [0.05, 0.1) is 6.61 Å². The molecule has 3 aromatic rings. The lowest BCUT2D eigenvalue weighted by Crippen LogP contribution is -2.23. The number of nitrogens with one attached hydrogen (secondary N) is 1. The van der Waals surface area contributed by atoms with Crippen LogP contribution in [0.3, 0.4) is 0 Å². The molecule has 3 rings (SSSR count). The molecule has 0 aliphatic rings. The summed E-state index contributed by atoms with van der Waals surface area (Å²) in [5.74, 6) is 0.437. The minimum atomic E-state index is -0.193. The number of aromatic nitrogens is 3. The molecule has 0 aliphatic carbocycles. The molecule has 2 aromatic heterocycles. The highest BCUT2D eigenvalue weighted by molar-refractivity contribution is 5.94. The van der Waals surface area contributed by atoms with Crippen molar-refractivity contribution in [3.05, 3.63) is 78.0 Å². The lowest BCUT2D eigenvalue weighted by Gasteiger charge is -2.09. The van der Waals surface area contributed by atoms with Crippen molar-refractivity contribution >= 4 is 5.91 Å². The summed E-state index contributed by atoms with van der Waals surface area (Å²) in [5, 5.41) is 12.2. The lowest BCUT2D eigenvalue weighted by atomic mass is 10.1.